The van der Waals surface area contributed by atoms with Crippen molar-refractivity contribution in [3.05, 3.63) is 28.8 Å². The van der Waals surface area contributed by atoms with E-state index in [0.29, 0.717) is 10.6 Å². The number of hydrogen-bond acceptors (Lipinski definition) is 3. The van der Waals surface area contributed by atoms with E-state index in [1.807, 2.05) is 6.07 Å². The molecule has 1 aromatic rings. The molecule has 5 heteroatoms. The van der Waals surface area contributed by atoms with E-state index in [1.54, 1.807) is 39.2 Å². The number of halogens is 1. The van der Waals surface area contributed by atoms with E-state index in [1.165, 1.54) is 4.90 Å². The number of nitrogens with one attached hydrogen (secondary N) is 1. The first-order valence-electron chi connectivity index (χ1n) is 5.13. The van der Waals surface area contributed by atoms with Crippen LogP contribution in [0.4, 0.5) is 5.69 Å². The molecule has 1 atom stereocenters. The average Bonchev–Trinajstić information content (AvgIpc) is 2.28. The molecule has 0 aliphatic rings. The molecule has 1 rings (SSSR count). The van der Waals surface area contributed by atoms with Crippen LogP contribution in [0.1, 0.15) is 12.5 Å². The molecule has 90 valence electrons. The van der Waals surface area contributed by atoms with Crippen molar-refractivity contribution in [3.63, 3.8) is 0 Å². The molecule has 0 radical (unpaired) electrons. The number of anilines is 1. The van der Waals surface area contributed by atoms with Gasteiger partial charge in [-0.1, -0.05) is 11.6 Å². The lowest BCUT2D eigenvalue weighted by atomic mass is 10.2. The number of carbonyl (C=O) groups excluding carboxylic acids is 1. The maximum Gasteiger partial charge on any atom is 0.244 e. The van der Waals surface area contributed by atoms with Crippen LogP contribution >= 0.6 is 11.6 Å². The van der Waals surface area contributed by atoms with Crippen LogP contribution in [-0.4, -0.2) is 30.9 Å². The van der Waals surface area contributed by atoms with Gasteiger partial charge in [-0.25, -0.2) is 0 Å². The number of rotatable bonds is 3. The zero-order valence-corrected chi connectivity index (χ0v) is 10.7. The zero-order valence-electron chi connectivity index (χ0n) is 9.99. The third-order valence-corrected chi connectivity index (χ3v) is 2.60. The minimum absolute atomic E-state index is 0.0227. The third-order valence-electron chi connectivity index (χ3n) is 2.28. The van der Waals surface area contributed by atoms with Gasteiger partial charge in [0, 0.05) is 19.8 Å². The molecular weight excluding hydrogens is 238 g/mol. The van der Waals surface area contributed by atoms with Crippen molar-refractivity contribution in [2.45, 2.75) is 13.0 Å². The topological polar surface area (TPSA) is 56.1 Å². The van der Waals surface area contributed by atoms with Crippen LogP contribution in [0.15, 0.2) is 18.2 Å². The Morgan fingerprint density at radius 3 is 2.65 bits per heavy atom. The minimum Gasteiger partial charge on any atom is -0.374 e. The largest absolute Gasteiger partial charge is 0.374 e. The van der Waals surface area contributed by atoms with E-state index in [9.17, 15) is 4.79 Å². The standard InChI is InChI=1S/C12H14ClN3O/c1-8(12(17)16(2)3)15-10-5-4-9(7-14)11(13)6-10/h4-6,8,15H,1-3H3. The molecule has 0 spiro atoms. The number of benzene rings is 1. The zero-order chi connectivity index (χ0) is 13.0. The summed E-state index contributed by atoms with van der Waals surface area (Å²) in [4.78, 5) is 13.2. The number of amides is 1. The van der Waals surface area contributed by atoms with Crippen molar-refractivity contribution in [2.24, 2.45) is 0 Å². The summed E-state index contributed by atoms with van der Waals surface area (Å²) < 4.78 is 0. The SMILES string of the molecule is CC(Nc1ccc(C#N)c(Cl)c1)C(=O)N(C)C. The van der Waals surface area contributed by atoms with Crippen molar-refractivity contribution >= 4 is 23.2 Å². The fourth-order valence-corrected chi connectivity index (χ4v) is 1.62. The summed E-state index contributed by atoms with van der Waals surface area (Å²) in [6.45, 7) is 1.77. The fourth-order valence-electron chi connectivity index (χ4n) is 1.39. The van der Waals surface area contributed by atoms with E-state index in [4.69, 9.17) is 16.9 Å². The molecule has 0 heterocycles. The number of nitrogens with zero attached hydrogens (tertiary/aromatic N) is 2. The van der Waals surface area contributed by atoms with E-state index in [0.717, 1.165) is 5.69 Å². The van der Waals surface area contributed by atoms with Crippen molar-refractivity contribution in [1.29, 1.82) is 5.26 Å². The lowest BCUT2D eigenvalue weighted by Gasteiger charge is -2.19. The first-order chi connectivity index (χ1) is 7.95. The maximum atomic E-state index is 11.6. The molecule has 1 aromatic carbocycles. The van der Waals surface area contributed by atoms with Gasteiger partial charge in [0.2, 0.25) is 5.91 Å². The maximum absolute atomic E-state index is 11.6. The van der Waals surface area contributed by atoms with Gasteiger partial charge in [0.15, 0.2) is 0 Å². The molecule has 1 unspecified atom stereocenters. The predicted octanol–water partition coefficient (Wildman–Crippen LogP) is 2.10. The summed E-state index contributed by atoms with van der Waals surface area (Å²) in [6, 6.07) is 6.63. The molecule has 4 nitrogen and oxygen atoms in total. The van der Waals surface area contributed by atoms with Crippen LogP contribution < -0.4 is 5.32 Å². The van der Waals surface area contributed by atoms with Gasteiger partial charge in [-0.3, -0.25) is 4.79 Å². The molecule has 17 heavy (non-hydrogen) atoms. The first kappa shape index (κ1) is 13.3. The summed E-state index contributed by atoms with van der Waals surface area (Å²) >= 11 is 5.90. The quantitative estimate of drug-likeness (QED) is 0.895. The van der Waals surface area contributed by atoms with Crippen LogP contribution in [-0.2, 0) is 4.79 Å². The fraction of sp³-hybridized carbons (Fsp3) is 0.333. The molecule has 1 N–H and O–H groups in total. The molecule has 0 fully saturated rings. The molecule has 0 aliphatic carbocycles. The van der Waals surface area contributed by atoms with E-state index < -0.39 is 0 Å². The highest BCUT2D eigenvalue weighted by Gasteiger charge is 2.14. The third kappa shape index (κ3) is 3.36. The number of hydrogen-bond donors (Lipinski definition) is 1. The van der Waals surface area contributed by atoms with Crippen LogP contribution in [0, 0.1) is 11.3 Å². The summed E-state index contributed by atoms with van der Waals surface area (Å²) in [5, 5.41) is 12.1. The van der Waals surface area contributed by atoms with Crippen molar-refractivity contribution < 1.29 is 4.79 Å². The Morgan fingerprint density at radius 2 is 2.18 bits per heavy atom. The lowest BCUT2D eigenvalue weighted by molar-refractivity contribution is -0.129. The van der Waals surface area contributed by atoms with Crippen LogP contribution in [0.25, 0.3) is 0 Å². The summed E-state index contributed by atoms with van der Waals surface area (Å²) in [5.41, 5.74) is 1.14. The van der Waals surface area contributed by atoms with Crippen LogP contribution in [0.3, 0.4) is 0 Å². The van der Waals surface area contributed by atoms with Gasteiger partial charge in [0.05, 0.1) is 10.6 Å². The second-order valence-corrected chi connectivity index (χ2v) is 4.31. The van der Waals surface area contributed by atoms with Gasteiger partial charge < -0.3 is 10.2 Å². The van der Waals surface area contributed by atoms with Gasteiger partial charge >= 0.3 is 0 Å². The highest BCUT2D eigenvalue weighted by Crippen LogP contribution is 2.20. The summed E-state index contributed by atoms with van der Waals surface area (Å²) in [5.74, 6) is -0.0227. The van der Waals surface area contributed by atoms with Crippen LogP contribution in [0.5, 0.6) is 0 Å². The van der Waals surface area contributed by atoms with Gasteiger partial charge in [-0.05, 0) is 25.1 Å². The lowest BCUT2D eigenvalue weighted by Crippen LogP contribution is -2.36. The number of carbonyl (C=O) groups is 1. The summed E-state index contributed by atoms with van der Waals surface area (Å²) in [7, 11) is 3.40. The Hall–Kier alpha value is -1.73. The molecule has 1 amide bonds. The molecule has 0 bridgehead atoms. The van der Waals surface area contributed by atoms with Gasteiger partial charge in [0.1, 0.15) is 12.1 Å². The molecule has 0 saturated heterocycles. The predicted molar refractivity (Wildman–Crippen MR) is 67.9 cm³/mol. The molecule has 0 aliphatic heterocycles. The second-order valence-electron chi connectivity index (χ2n) is 3.91. The second kappa shape index (κ2) is 5.55. The van der Waals surface area contributed by atoms with Gasteiger partial charge in [-0.15, -0.1) is 0 Å². The molecule has 0 saturated carbocycles. The minimum atomic E-state index is -0.339. The average molecular weight is 252 g/mol. The van der Waals surface area contributed by atoms with Crippen molar-refractivity contribution in [2.75, 3.05) is 19.4 Å². The Labute approximate surface area is 106 Å². The molecular formula is C12H14ClN3O. The number of likely N-dealkylation sites (N-methyl/N-ethyl adjacent to an activating group) is 1. The van der Waals surface area contributed by atoms with E-state index in [2.05, 4.69) is 5.32 Å². The Balaban J connectivity index is 2.80. The first-order valence-corrected chi connectivity index (χ1v) is 5.51. The van der Waals surface area contributed by atoms with Crippen molar-refractivity contribution in [1.82, 2.24) is 4.90 Å². The van der Waals surface area contributed by atoms with E-state index in [-0.39, 0.29) is 11.9 Å². The van der Waals surface area contributed by atoms with Crippen LogP contribution in [0.2, 0.25) is 5.02 Å². The Morgan fingerprint density at radius 1 is 1.53 bits per heavy atom. The highest BCUT2D eigenvalue weighted by molar-refractivity contribution is 6.32. The number of nitriles is 1. The van der Waals surface area contributed by atoms with Gasteiger partial charge in [0.25, 0.3) is 0 Å². The Bertz CT molecular complexity index is 465. The normalized spacial score (nSPS) is 11.5. The Kier molecular flexibility index (Phi) is 4.36. The molecule has 0 aromatic heterocycles. The van der Waals surface area contributed by atoms with E-state index >= 15 is 0 Å². The monoisotopic (exact) mass is 251 g/mol. The summed E-state index contributed by atoms with van der Waals surface area (Å²) in [6.07, 6.45) is 0. The van der Waals surface area contributed by atoms with Gasteiger partial charge in [-0.2, -0.15) is 5.26 Å². The highest BCUT2D eigenvalue weighted by atomic mass is 35.5. The van der Waals surface area contributed by atoms with Crippen molar-refractivity contribution in [3.8, 4) is 6.07 Å². The smallest absolute Gasteiger partial charge is 0.244 e.